The van der Waals surface area contributed by atoms with Gasteiger partial charge in [0.2, 0.25) is 0 Å². The van der Waals surface area contributed by atoms with Crippen LogP contribution in [0.2, 0.25) is 0 Å². The van der Waals surface area contributed by atoms with Gasteiger partial charge in [0.15, 0.2) is 5.79 Å². The number of hydrogen-bond acceptors (Lipinski definition) is 6. The van der Waals surface area contributed by atoms with Crippen molar-refractivity contribution in [1.82, 2.24) is 5.32 Å². The molecule has 1 saturated heterocycles. The van der Waals surface area contributed by atoms with Gasteiger partial charge in [-0.3, -0.25) is 19.7 Å². The summed E-state index contributed by atoms with van der Waals surface area (Å²) in [7, 11) is 0. The molecular formula is C17H21N3O6. The molecule has 1 heterocycles. The van der Waals surface area contributed by atoms with Crippen LogP contribution < -0.4 is 10.6 Å². The van der Waals surface area contributed by atoms with Crippen LogP contribution in [0.4, 0.5) is 11.4 Å². The van der Waals surface area contributed by atoms with Gasteiger partial charge in [0, 0.05) is 25.5 Å². The monoisotopic (exact) mass is 363 g/mol. The second kappa shape index (κ2) is 7.79. The van der Waals surface area contributed by atoms with Crippen LogP contribution in [-0.4, -0.2) is 41.8 Å². The lowest BCUT2D eigenvalue weighted by molar-refractivity contribution is -0.383. The molecule has 9 heteroatoms. The molecular weight excluding hydrogens is 342 g/mol. The van der Waals surface area contributed by atoms with Gasteiger partial charge in [0.25, 0.3) is 5.69 Å². The van der Waals surface area contributed by atoms with E-state index in [0.29, 0.717) is 6.61 Å². The molecule has 1 aliphatic carbocycles. The minimum absolute atomic E-state index is 0.0285. The number of nitrogens with one attached hydrogen (secondary N) is 2. The van der Waals surface area contributed by atoms with Gasteiger partial charge in [-0.05, 0) is 18.9 Å². The minimum Gasteiger partial charge on any atom is -0.347 e. The molecule has 0 bridgehead atoms. The molecule has 2 amide bonds. The van der Waals surface area contributed by atoms with Crippen molar-refractivity contribution in [3.8, 4) is 0 Å². The normalized spacial score (nSPS) is 21.3. The number of amides is 2. The third-order valence-corrected chi connectivity index (χ3v) is 4.57. The zero-order chi connectivity index (χ0) is 18.6. The molecule has 1 atom stereocenters. The van der Waals surface area contributed by atoms with Crippen molar-refractivity contribution in [3.05, 3.63) is 34.4 Å². The molecule has 1 saturated carbocycles. The molecule has 1 spiro atoms. The van der Waals surface area contributed by atoms with Gasteiger partial charge in [-0.25, -0.2) is 0 Å². The smallest absolute Gasteiger partial charge is 0.313 e. The number of carbonyl (C=O) groups excluding carboxylic acids is 2. The van der Waals surface area contributed by atoms with E-state index in [1.165, 1.54) is 30.7 Å². The number of para-hydroxylation sites is 2. The first kappa shape index (κ1) is 18.3. The third-order valence-electron chi connectivity index (χ3n) is 4.57. The Morgan fingerprint density at radius 2 is 1.92 bits per heavy atom. The summed E-state index contributed by atoms with van der Waals surface area (Å²) < 4.78 is 11.7. The van der Waals surface area contributed by atoms with Crippen LogP contribution in [0.5, 0.6) is 0 Å². The van der Waals surface area contributed by atoms with Gasteiger partial charge >= 0.3 is 11.8 Å². The van der Waals surface area contributed by atoms with Gasteiger partial charge < -0.3 is 20.1 Å². The predicted octanol–water partition coefficient (Wildman–Crippen LogP) is 1.73. The van der Waals surface area contributed by atoms with E-state index >= 15 is 0 Å². The molecule has 3 rings (SSSR count). The number of benzene rings is 1. The lowest BCUT2D eigenvalue weighted by Crippen LogP contribution is -2.41. The van der Waals surface area contributed by atoms with Crippen molar-refractivity contribution in [2.45, 2.75) is 44.0 Å². The highest BCUT2D eigenvalue weighted by Gasteiger charge is 2.42. The number of nitro benzene ring substituents is 1. The van der Waals surface area contributed by atoms with Crippen molar-refractivity contribution < 1.29 is 24.0 Å². The maximum absolute atomic E-state index is 12.0. The number of rotatable bonds is 4. The Kier molecular flexibility index (Phi) is 5.48. The van der Waals surface area contributed by atoms with Crippen LogP contribution in [-0.2, 0) is 19.1 Å². The fourth-order valence-electron chi connectivity index (χ4n) is 3.27. The third kappa shape index (κ3) is 4.17. The summed E-state index contributed by atoms with van der Waals surface area (Å²) in [5, 5.41) is 15.7. The quantitative estimate of drug-likeness (QED) is 0.477. The SMILES string of the molecule is O=C(NC[C@@H]1COC2(CCCCC2)O1)C(=O)Nc1ccccc1[N+](=O)[O-]. The number of carbonyl (C=O) groups is 2. The van der Waals surface area contributed by atoms with Gasteiger partial charge in [0.1, 0.15) is 11.8 Å². The van der Waals surface area contributed by atoms with Crippen molar-refractivity contribution >= 4 is 23.2 Å². The molecule has 2 N–H and O–H groups in total. The fraction of sp³-hybridized carbons (Fsp3) is 0.529. The Morgan fingerprint density at radius 1 is 1.19 bits per heavy atom. The summed E-state index contributed by atoms with van der Waals surface area (Å²) in [6.45, 7) is 0.511. The second-order valence-corrected chi connectivity index (χ2v) is 6.46. The van der Waals surface area contributed by atoms with Gasteiger partial charge in [-0.1, -0.05) is 18.6 Å². The van der Waals surface area contributed by atoms with Gasteiger partial charge in [-0.15, -0.1) is 0 Å². The van der Waals surface area contributed by atoms with Crippen LogP contribution >= 0.6 is 0 Å². The Labute approximate surface area is 150 Å². The van der Waals surface area contributed by atoms with E-state index in [2.05, 4.69) is 10.6 Å². The molecule has 2 fully saturated rings. The summed E-state index contributed by atoms with van der Waals surface area (Å²) in [6, 6.07) is 5.63. The van der Waals surface area contributed by atoms with Crippen molar-refractivity contribution in [2.24, 2.45) is 0 Å². The molecule has 26 heavy (non-hydrogen) atoms. The molecule has 1 aliphatic heterocycles. The fourth-order valence-corrected chi connectivity index (χ4v) is 3.27. The van der Waals surface area contributed by atoms with E-state index in [1.807, 2.05) is 0 Å². The first-order valence-electron chi connectivity index (χ1n) is 8.63. The second-order valence-electron chi connectivity index (χ2n) is 6.46. The molecule has 140 valence electrons. The Morgan fingerprint density at radius 3 is 2.65 bits per heavy atom. The van der Waals surface area contributed by atoms with Crippen LogP contribution in [0.3, 0.4) is 0 Å². The Balaban J connectivity index is 1.49. The maximum atomic E-state index is 12.0. The van der Waals surface area contributed by atoms with E-state index in [-0.39, 0.29) is 24.0 Å². The summed E-state index contributed by atoms with van der Waals surface area (Å²) in [4.78, 5) is 34.3. The molecule has 2 aliphatic rings. The Hall–Kier alpha value is -2.52. The highest BCUT2D eigenvalue weighted by molar-refractivity contribution is 6.39. The predicted molar refractivity (Wildman–Crippen MR) is 91.4 cm³/mol. The van der Waals surface area contributed by atoms with E-state index in [0.717, 1.165) is 25.7 Å². The molecule has 0 unspecified atom stereocenters. The van der Waals surface area contributed by atoms with E-state index < -0.39 is 22.5 Å². The lowest BCUT2D eigenvalue weighted by atomic mass is 9.94. The summed E-state index contributed by atoms with van der Waals surface area (Å²) in [6.07, 6.45) is 4.65. The molecule has 1 aromatic carbocycles. The van der Waals surface area contributed by atoms with Gasteiger partial charge in [0.05, 0.1) is 11.5 Å². The summed E-state index contributed by atoms with van der Waals surface area (Å²) in [5.74, 6) is -2.39. The van der Waals surface area contributed by atoms with Crippen LogP contribution in [0, 0.1) is 10.1 Å². The number of ether oxygens (including phenoxy) is 2. The first-order chi connectivity index (χ1) is 12.5. The molecule has 1 aromatic rings. The molecule has 0 radical (unpaired) electrons. The average molecular weight is 363 g/mol. The van der Waals surface area contributed by atoms with Crippen molar-refractivity contribution in [2.75, 3.05) is 18.5 Å². The zero-order valence-corrected chi connectivity index (χ0v) is 14.2. The van der Waals surface area contributed by atoms with Crippen molar-refractivity contribution in [3.63, 3.8) is 0 Å². The number of nitrogens with zero attached hydrogens (tertiary/aromatic N) is 1. The topological polar surface area (TPSA) is 120 Å². The zero-order valence-electron chi connectivity index (χ0n) is 14.2. The van der Waals surface area contributed by atoms with E-state index in [1.54, 1.807) is 0 Å². The average Bonchev–Trinajstić information content (AvgIpc) is 3.02. The van der Waals surface area contributed by atoms with E-state index in [4.69, 9.17) is 9.47 Å². The highest BCUT2D eigenvalue weighted by Crippen LogP contribution is 2.37. The van der Waals surface area contributed by atoms with Crippen LogP contribution in [0.15, 0.2) is 24.3 Å². The minimum atomic E-state index is -0.967. The van der Waals surface area contributed by atoms with Gasteiger partial charge in [-0.2, -0.15) is 0 Å². The van der Waals surface area contributed by atoms with Crippen LogP contribution in [0.25, 0.3) is 0 Å². The van der Waals surface area contributed by atoms with Crippen molar-refractivity contribution in [1.29, 1.82) is 0 Å². The molecule has 9 nitrogen and oxygen atoms in total. The Bertz CT molecular complexity index is 701. The van der Waals surface area contributed by atoms with E-state index in [9.17, 15) is 19.7 Å². The molecule has 0 aromatic heterocycles. The maximum Gasteiger partial charge on any atom is 0.313 e. The standard InChI is InChI=1S/C17H21N3O6/c21-15(16(22)19-13-6-2-3-7-14(13)20(23)24)18-10-12-11-25-17(26-12)8-4-1-5-9-17/h2-3,6-7,12H,1,4-5,8-11H2,(H,18,21)(H,19,22)/t12-/m1/s1. The number of anilines is 1. The lowest BCUT2D eigenvalue weighted by Gasteiger charge is -2.31. The first-order valence-corrected chi connectivity index (χ1v) is 8.63. The number of hydrogen-bond donors (Lipinski definition) is 2. The summed E-state index contributed by atoms with van der Waals surface area (Å²) >= 11 is 0. The highest BCUT2D eigenvalue weighted by atomic mass is 16.7. The summed E-state index contributed by atoms with van der Waals surface area (Å²) in [5.41, 5.74) is -0.306. The van der Waals surface area contributed by atoms with Crippen LogP contribution in [0.1, 0.15) is 32.1 Å². The largest absolute Gasteiger partial charge is 0.347 e. The number of nitro groups is 1.